The van der Waals surface area contributed by atoms with Crippen LogP contribution in [0, 0.1) is 30.1 Å². The Morgan fingerprint density at radius 3 is 2.41 bits per heavy atom. The highest BCUT2D eigenvalue weighted by Crippen LogP contribution is 2.60. The van der Waals surface area contributed by atoms with E-state index in [2.05, 4.69) is 0 Å². The molecule has 0 radical (unpaired) electrons. The van der Waals surface area contributed by atoms with Crippen molar-refractivity contribution in [1.29, 1.82) is 0 Å². The van der Waals surface area contributed by atoms with Gasteiger partial charge in [-0.15, -0.1) is 0 Å². The maximum Gasteiger partial charge on any atom is 0.372 e. The molecule has 3 heteroatoms. The van der Waals surface area contributed by atoms with Crippen molar-refractivity contribution in [2.24, 2.45) is 23.2 Å². The number of aromatic nitrogens is 1. The number of aryl methyl sites for hydroxylation is 1. The number of nitrogens with zero attached hydrogens (tertiary/aromatic N) is 1. The highest BCUT2D eigenvalue weighted by molar-refractivity contribution is 5.67. The van der Waals surface area contributed by atoms with Crippen LogP contribution in [0.4, 0.5) is 0 Å². The van der Waals surface area contributed by atoms with Gasteiger partial charge in [0.2, 0.25) is 6.54 Å². The van der Waals surface area contributed by atoms with E-state index < -0.39 is 0 Å². The fourth-order valence-electron chi connectivity index (χ4n) is 5.62. The maximum atomic E-state index is 12.2. The van der Waals surface area contributed by atoms with Crippen LogP contribution in [-0.4, -0.2) is 12.6 Å². The second kappa shape index (κ2) is 5.36. The standard InChI is InChI=1S/C19H26NO2/c1-14-4-2-3-5-20(14)12-18(21)22-13-19-9-15-6-16(10-19)8-17(7-15)11-19/h2-5,15-17H,6-13H2,1H3/q+1. The minimum absolute atomic E-state index is 0.0879. The lowest BCUT2D eigenvalue weighted by molar-refractivity contribution is -0.692. The van der Waals surface area contributed by atoms with E-state index in [4.69, 9.17) is 4.74 Å². The second-order valence-corrected chi connectivity index (χ2v) is 8.05. The first kappa shape index (κ1) is 14.2. The number of hydrogen-bond acceptors (Lipinski definition) is 2. The minimum Gasteiger partial charge on any atom is -0.460 e. The van der Waals surface area contributed by atoms with Gasteiger partial charge in [0.1, 0.15) is 0 Å². The molecule has 0 N–H and O–H groups in total. The molecule has 0 aliphatic heterocycles. The number of hydrogen-bond donors (Lipinski definition) is 0. The first-order valence-electron chi connectivity index (χ1n) is 8.73. The lowest BCUT2D eigenvalue weighted by atomic mass is 9.50. The fourth-order valence-corrected chi connectivity index (χ4v) is 5.62. The third-order valence-electron chi connectivity index (χ3n) is 6.17. The van der Waals surface area contributed by atoms with Gasteiger partial charge in [-0.25, -0.2) is 4.79 Å². The van der Waals surface area contributed by atoms with Crippen LogP contribution in [0.25, 0.3) is 0 Å². The molecule has 0 aromatic carbocycles. The van der Waals surface area contributed by atoms with Gasteiger partial charge in [-0.05, 0) is 56.3 Å². The summed E-state index contributed by atoms with van der Waals surface area (Å²) in [6, 6.07) is 5.97. The molecular formula is C19H26NO2+. The maximum absolute atomic E-state index is 12.2. The predicted octanol–water partition coefficient (Wildman–Crippen LogP) is 3.04. The lowest BCUT2D eigenvalue weighted by Crippen LogP contribution is -2.49. The summed E-state index contributed by atoms with van der Waals surface area (Å²) in [6.45, 7) is 3.01. The predicted molar refractivity (Wildman–Crippen MR) is 82.9 cm³/mol. The third-order valence-corrected chi connectivity index (χ3v) is 6.17. The lowest BCUT2D eigenvalue weighted by Gasteiger charge is -2.56. The molecule has 0 atom stereocenters. The first-order chi connectivity index (χ1) is 10.6. The Bertz CT molecular complexity index is 545. The van der Waals surface area contributed by atoms with Crippen LogP contribution < -0.4 is 4.57 Å². The molecule has 0 amide bonds. The molecule has 22 heavy (non-hydrogen) atoms. The van der Waals surface area contributed by atoms with E-state index in [0.717, 1.165) is 23.4 Å². The van der Waals surface area contributed by atoms with Crippen molar-refractivity contribution in [2.45, 2.75) is 52.0 Å². The fraction of sp³-hybridized carbons (Fsp3) is 0.684. The van der Waals surface area contributed by atoms with E-state index in [1.165, 1.54) is 38.5 Å². The molecule has 0 unspecified atom stereocenters. The quantitative estimate of drug-likeness (QED) is 0.632. The highest BCUT2D eigenvalue weighted by Gasteiger charge is 2.51. The molecule has 4 aliphatic rings. The number of pyridine rings is 1. The average molecular weight is 300 g/mol. The summed E-state index contributed by atoms with van der Waals surface area (Å²) in [6.07, 6.45) is 10.1. The number of esters is 1. The smallest absolute Gasteiger partial charge is 0.372 e. The van der Waals surface area contributed by atoms with Crippen LogP contribution in [0.2, 0.25) is 0 Å². The van der Waals surface area contributed by atoms with Crippen molar-refractivity contribution in [1.82, 2.24) is 0 Å². The number of rotatable bonds is 4. The SMILES string of the molecule is Cc1cccc[n+]1CC(=O)OCC12CC3CC(CC(C3)C1)C2. The molecule has 0 saturated heterocycles. The summed E-state index contributed by atoms with van der Waals surface area (Å²) >= 11 is 0. The Labute approximate surface area is 132 Å². The van der Waals surface area contributed by atoms with Crippen LogP contribution in [0.1, 0.15) is 44.2 Å². The zero-order valence-electron chi connectivity index (χ0n) is 13.5. The topological polar surface area (TPSA) is 30.2 Å². The van der Waals surface area contributed by atoms with Gasteiger partial charge >= 0.3 is 5.97 Å². The second-order valence-electron chi connectivity index (χ2n) is 8.05. The van der Waals surface area contributed by atoms with Crippen LogP contribution >= 0.6 is 0 Å². The van der Waals surface area contributed by atoms with E-state index in [9.17, 15) is 4.79 Å². The summed E-state index contributed by atoms with van der Waals surface area (Å²) in [7, 11) is 0. The molecular weight excluding hydrogens is 274 g/mol. The zero-order valence-corrected chi connectivity index (χ0v) is 13.5. The molecule has 118 valence electrons. The monoisotopic (exact) mass is 300 g/mol. The van der Waals surface area contributed by atoms with Gasteiger partial charge in [-0.3, -0.25) is 0 Å². The molecule has 1 aromatic heterocycles. The molecule has 3 nitrogen and oxygen atoms in total. The number of ether oxygens (including phenoxy) is 1. The molecule has 4 fully saturated rings. The Kier molecular flexibility index (Phi) is 3.47. The van der Waals surface area contributed by atoms with Crippen molar-refractivity contribution in [3.8, 4) is 0 Å². The van der Waals surface area contributed by atoms with Crippen molar-refractivity contribution in [2.75, 3.05) is 6.61 Å². The Morgan fingerprint density at radius 1 is 1.18 bits per heavy atom. The third kappa shape index (κ3) is 2.66. The average Bonchev–Trinajstić information content (AvgIpc) is 2.46. The van der Waals surface area contributed by atoms with Crippen molar-refractivity contribution in [3.05, 3.63) is 30.1 Å². The molecule has 5 rings (SSSR count). The molecule has 4 aliphatic carbocycles. The van der Waals surface area contributed by atoms with Crippen LogP contribution in [0.3, 0.4) is 0 Å². The van der Waals surface area contributed by atoms with Gasteiger partial charge in [0, 0.05) is 24.5 Å². The minimum atomic E-state index is -0.0879. The Balaban J connectivity index is 1.37. The van der Waals surface area contributed by atoms with Gasteiger partial charge < -0.3 is 4.74 Å². The van der Waals surface area contributed by atoms with Crippen molar-refractivity contribution >= 4 is 5.97 Å². The van der Waals surface area contributed by atoms with Crippen LogP contribution in [0.15, 0.2) is 24.4 Å². The van der Waals surface area contributed by atoms with Crippen molar-refractivity contribution < 1.29 is 14.1 Å². The van der Waals surface area contributed by atoms with E-state index in [1.807, 2.05) is 35.9 Å². The van der Waals surface area contributed by atoms with Gasteiger partial charge in [-0.2, -0.15) is 4.57 Å². The Hall–Kier alpha value is -1.38. The molecule has 1 aromatic rings. The van der Waals surface area contributed by atoms with Gasteiger partial charge in [-0.1, -0.05) is 6.07 Å². The largest absolute Gasteiger partial charge is 0.460 e. The highest BCUT2D eigenvalue weighted by atomic mass is 16.5. The van der Waals surface area contributed by atoms with Crippen molar-refractivity contribution in [3.63, 3.8) is 0 Å². The normalized spacial score (nSPS) is 35.6. The van der Waals surface area contributed by atoms with Crippen LogP contribution in [-0.2, 0) is 16.1 Å². The zero-order chi connectivity index (χ0) is 15.2. The summed E-state index contributed by atoms with van der Waals surface area (Å²) in [5.74, 6) is 2.65. The molecule has 1 heterocycles. The molecule has 4 bridgehead atoms. The van der Waals surface area contributed by atoms with E-state index in [0.29, 0.717) is 18.6 Å². The summed E-state index contributed by atoms with van der Waals surface area (Å²) in [4.78, 5) is 12.2. The van der Waals surface area contributed by atoms with Gasteiger partial charge in [0.25, 0.3) is 0 Å². The van der Waals surface area contributed by atoms with Gasteiger partial charge in [0.05, 0.1) is 6.61 Å². The summed E-state index contributed by atoms with van der Waals surface area (Å²) < 4.78 is 7.69. The first-order valence-corrected chi connectivity index (χ1v) is 8.73. The summed E-state index contributed by atoms with van der Waals surface area (Å²) in [5, 5.41) is 0. The number of carbonyl (C=O) groups excluding carboxylic acids is 1. The van der Waals surface area contributed by atoms with E-state index in [1.54, 1.807) is 0 Å². The van der Waals surface area contributed by atoms with Crippen LogP contribution in [0.5, 0.6) is 0 Å². The summed E-state index contributed by atoms with van der Waals surface area (Å²) in [5.41, 5.74) is 1.41. The van der Waals surface area contributed by atoms with Gasteiger partial charge in [0.15, 0.2) is 11.9 Å². The molecule has 0 spiro atoms. The number of carbonyl (C=O) groups is 1. The Morgan fingerprint density at radius 2 is 1.82 bits per heavy atom. The van der Waals surface area contributed by atoms with E-state index >= 15 is 0 Å². The van der Waals surface area contributed by atoms with E-state index in [-0.39, 0.29) is 5.97 Å². The molecule has 4 saturated carbocycles.